The predicted octanol–water partition coefficient (Wildman–Crippen LogP) is 4.86. The second-order valence-corrected chi connectivity index (χ2v) is 6.98. The van der Waals surface area contributed by atoms with Gasteiger partial charge in [-0.3, -0.25) is 0 Å². The van der Waals surface area contributed by atoms with Gasteiger partial charge < -0.3 is 13.9 Å². The van der Waals surface area contributed by atoms with E-state index in [1.54, 1.807) is 29.4 Å². The molecule has 1 aliphatic rings. The Morgan fingerprint density at radius 1 is 1.13 bits per heavy atom. The molecule has 118 valence electrons. The van der Waals surface area contributed by atoms with Gasteiger partial charge in [0.05, 0.1) is 25.2 Å². The third-order valence-corrected chi connectivity index (χ3v) is 5.32. The van der Waals surface area contributed by atoms with E-state index in [9.17, 15) is 0 Å². The molecular weight excluding hydrogens is 330 g/mol. The summed E-state index contributed by atoms with van der Waals surface area (Å²) in [5.41, 5.74) is 1.05. The molecule has 1 aromatic carbocycles. The van der Waals surface area contributed by atoms with Gasteiger partial charge >= 0.3 is 0 Å². The van der Waals surface area contributed by atoms with Crippen molar-refractivity contribution in [1.82, 2.24) is 4.98 Å². The van der Waals surface area contributed by atoms with Gasteiger partial charge in [0.1, 0.15) is 0 Å². The van der Waals surface area contributed by atoms with E-state index < -0.39 is 0 Å². The summed E-state index contributed by atoms with van der Waals surface area (Å²) in [6.45, 7) is 1.42. The van der Waals surface area contributed by atoms with Crippen LogP contribution in [0.4, 0.5) is 0 Å². The van der Waals surface area contributed by atoms with Crippen molar-refractivity contribution in [1.29, 1.82) is 0 Å². The lowest BCUT2D eigenvalue weighted by Crippen LogP contribution is -1.97. The lowest BCUT2D eigenvalue weighted by molar-refractivity contribution is 0.297. The molecule has 0 fully saturated rings. The topological polar surface area (TPSA) is 44.5 Å². The Morgan fingerprint density at radius 3 is 2.91 bits per heavy atom. The summed E-state index contributed by atoms with van der Waals surface area (Å²) in [5, 5.41) is 3.00. The van der Waals surface area contributed by atoms with Crippen molar-refractivity contribution >= 4 is 23.1 Å². The molecule has 0 saturated heterocycles. The Balaban J connectivity index is 1.44. The van der Waals surface area contributed by atoms with Crippen LogP contribution in [-0.4, -0.2) is 18.2 Å². The van der Waals surface area contributed by atoms with Gasteiger partial charge in [-0.15, -0.1) is 23.1 Å². The molecule has 2 aromatic heterocycles. The number of thioether (sulfide) groups is 1. The maximum Gasteiger partial charge on any atom is 0.162 e. The van der Waals surface area contributed by atoms with Gasteiger partial charge in [-0.05, 0) is 30.3 Å². The number of aromatic nitrogens is 1. The highest BCUT2D eigenvalue weighted by Gasteiger charge is 2.12. The van der Waals surface area contributed by atoms with Gasteiger partial charge in [-0.1, -0.05) is 0 Å². The summed E-state index contributed by atoms with van der Waals surface area (Å²) < 4.78 is 16.8. The molecule has 23 heavy (non-hydrogen) atoms. The number of ether oxygens (including phenoxy) is 2. The summed E-state index contributed by atoms with van der Waals surface area (Å²) in [6.07, 6.45) is 2.59. The molecule has 3 heterocycles. The Morgan fingerprint density at radius 2 is 2.04 bits per heavy atom. The van der Waals surface area contributed by atoms with Crippen LogP contribution in [0.3, 0.4) is 0 Å². The van der Waals surface area contributed by atoms with Crippen molar-refractivity contribution in [3.63, 3.8) is 0 Å². The molecule has 0 radical (unpaired) electrons. The summed E-state index contributed by atoms with van der Waals surface area (Å²) in [7, 11) is 0. The zero-order chi connectivity index (χ0) is 15.5. The van der Waals surface area contributed by atoms with Gasteiger partial charge in [-0.25, -0.2) is 4.98 Å². The van der Waals surface area contributed by atoms with Gasteiger partial charge in [0, 0.05) is 22.4 Å². The highest BCUT2D eigenvalue weighted by molar-refractivity contribution is 7.98. The molecule has 0 spiro atoms. The van der Waals surface area contributed by atoms with Crippen molar-refractivity contribution < 1.29 is 13.9 Å². The lowest BCUT2D eigenvalue weighted by Gasteiger charge is -2.08. The molecular formula is C17H15NO3S2. The summed E-state index contributed by atoms with van der Waals surface area (Å²) in [5.74, 6) is 3.31. The Kier molecular flexibility index (Phi) is 4.26. The number of rotatable bonds is 4. The molecule has 3 aromatic rings. The van der Waals surface area contributed by atoms with Crippen LogP contribution in [0.2, 0.25) is 0 Å². The van der Waals surface area contributed by atoms with Gasteiger partial charge in [0.2, 0.25) is 0 Å². The average molecular weight is 345 g/mol. The van der Waals surface area contributed by atoms with Crippen molar-refractivity contribution in [3.8, 4) is 22.3 Å². The third-order valence-electron chi connectivity index (χ3n) is 3.39. The molecule has 4 nitrogen and oxygen atoms in total. The van der Waals surface area contributed by atoms with E-state index in [-0.39, 0.29) is 0 Å². The fourth-order valence-electron chi connectivity index (χ4n) is 2.28. The van der Waals surface area contributed by atoms with E-state index in [1.165, 1.54) is 0 Å². The first-order chi connectivity index (χ1) is 11.4. The van der Waals surface area contributed by atoms with Crippen molar-refractivity contribution in [2.24, 2.45) is 0 Å². The number of nitrogens with zero attached hydrogens (tertiary/aromatic N) is 1. The number of hydrogen-bond donors (Lipinski definition) is 0. The molecule has 0 saturated carbocycles. The van der Waals surface area contributed by atoms with E-state index in [2.05, 4.69) is 16.4 Å². The minimum absolute atomic E-state index is 0.708. The Bertz CT molecular complexity index is 783. The van der Waals surface area contributed by atoms with Crippen LogP contribution in [0.1, 0.15) is 12.1 Å². The number of benzene rings is 1. The zero-order valence-corrected chi connectivity index (χ0v) is 14.0. The smallest absolute Gasteiger partial charge is 0.162 e. The Hall–Kier alpha value is -1.92. The SMILES string of the molecule is c1coc(-c2nc(CSc3ccc4c(c3)OCCCO4)cs2)c1. The van der Waals surface area contributed by atoms with E-state index in [1.807, 2.05) is 24.3 Å². The molecule has 0 N–H and O–H groups in total. The summed E-state index contributed by atoms with van der Waals surface area (Å²) >= 11 is 3.35. The molecule has 0 atom stereocenters. The second-order valence-electron chi connectivity index (χ2n) is 5.07. The average Bonchev–Trinajstić information content (AvgIpc) is 3.20. The quantitative estimate of drug-likeness (QED) is 0.632. The van der Waals surface area contributed by atoms with Crippen LogP contribution in [0.5, 0.6) is 11.5 Å². The van der Waals surface area contributed by atoms with Crippen LogP contribution < -0.4 is 9.47 Å². The Labute approximate surface area is 142 Å². The minimum Gasteiger partial charge on any atom is -0.490 e. The van der Waals surface area contributed by atoms with E-state index in [0.29, 0.717) is 13.2 Å². The fourth-order valence-corrected chi connectivity index (χ4v) is 3.99. The summed E-state index contributed by atoms with van der Waals surface area (Å²) in [6, 6.07) is 9.91. The van der Waals surface area contributed by atoms with E-state index in [4.69, 9.17) is 13.9 Å². The van der Waals surface area contributed by atoms with Crippen molar-refractivity contribution in [2.75, 3.05) is 13.2 Å². The van der Waals surface area contributed by atoms with Crippen molar-refractivity contribution in [2.45, 2.75) is 17.1 Å². The van der Waals surface area contributed by atoms with Gasteiger partial charge in [0.15, 0.2) is 22.3 Å². The zero-order valence-electron chi connectivity index (χ0n) is 12.4. The maximum absolute atomic E-state index is 5.73. The standard InChI is InChI=1S/C17H15NO3S2/c1-3-15(20-6-1)17-18-12(11-23-17)10-22-13-4-5-14-16(9-13)21-8-2-7-19-14/h1,3-6,9,11H,2,7-8,10H2. The maximum atomic E-state index is 5.73. The number of hydrogen-bond acceptors (Lipinski definition) is 6. The normalized spacial score (nSPS) is 13.7. The van der Waals surface area contributed by atoms with E-state index >= 15 is 0 Å². The second kappa shape index (κ2) is 6.68. The first-order valence-corrected chi connectivity index (χ1v) is 9.26. The molecule has 0 aliphatic carbocycles. The fraction of sp³-hybridized carbons (Fsp3) is 0.235. The highest BCUT2D eigenvalue weighted by atomic mass is 32.2. The molecule has 0 amide bonds. The number of fused-ring (bicyclic) bond motifs is 1. The monoisotopic (exact) mass is 345 g/mol. The summed E-state index contributed by atoms with van der Waals surface area (Å²) in [4.78, 5) is 5.77. The molecule has 6 heteroatoms. The third kappa shape index (κ3) is 3.38. The molecule has 0 bridgehead atoms. The molecule has 0 unspecified atom stereocenters. The number of furan rings is 1. The van der Waals surface area contributed by atoms with Crippen LogP contribution in [0.25, 0.3) is 10.8 Å². The van der Waals surface area contributed by atoms with Crippen LogP contribution in [0, 0.1) is 0 Å². The first kappa shape index (κ1) is 14.7. The van der Waals surface area contributed by atoms with Crippen molar-refractivity contribution in [3.05, 3.63) is 47.7 Å². The lowest BCUT2D eigenvalue weighted by atomic mass is 10.3. The largest absolute Gasteiger partial charge is 0.490 e. The van der Waals surface area contributed by atoms with Crippen LogP contribution in [-0.2, 0) is 5.75 Å². The van der Waals surface area contributed by atoms with E-state index in [0.717, 1.165) is 45.0 Å². The van der Waals surface area contributed by atoms with Crippen LogP contribution in [0.15, 0.2) is 51.3 Å². The highest BCUT2D eigenvalue weighted by Crippen LogP contribution is 2.35. The number of thiazole rings is 1. The first-order valence-electron chi connectivity index (χ1n) is 7.39. The minimum atomic E-state index is 0.708. The predicted molar refractivity (Wildman–Crippen MR) is 91.4 cm³/mol. The van der Waals surface area contributed by atoms with Gasteiger partial charge in [0.25, 0.3) is 0 Å². The van der Waals surface area contributed by atoms with Gasteiger partial charge in [-0.2, -0.15) is 0 Å². The molecule has 1 aliphatic heterocycles. The van der Waals surface area contributed by atoms with Crippen LogP contribution >= 0.6 is 23.1 Å². The molecule has 4 rings (SSSR count).